The summed E-state index contributed by atoms with van der Waals surface area (Å²) in [4.78, 5) is 26.7. The average Bonchev–Trinajstić information content (AvgIpc) is 3.20. The average molecular weight is 794 g/mol. The van der Waals surface area contributed by atoms with Gasteiger partial charge in [-0.2, -0.15) is 9.13 Å². The number of nitrogens with zero attached hydrogens (tertiary/aromatic N) is 2. The molecule has 0 bridgehead atoms. The van der Waals surface area contributed by atoms with Gasteiger partial charge in [-0.25, -0.2) is 9.97 Å². The SMILES string of the molecule is CCCc1cccc(-[n+]2ccc(-c3cc[nH+]cc3)cc2)c1.CCCc1cccc(-[n+]2ccc(-c3cc[nH+]cc3)cc2)c1.O=P([O-])([O-])Cc1ccccc1.[Cl-].[Cl-]. The van der Waals surface area contributed by atoms with Gasteiger partial charge in [-0.15, -0.1) is 0 Å². The molecule has 3 aromatic carbocycles. The lowest BCUT2D eigenvalue weighted by atomic mass is 10.1. The van der Waals surface area contributed by atoms with E-state index in [9.17, 15) is 14.4 Å². The van der Waals surface area contributed by atoms with Gasteiger partial charge in [0, 0.05) is 79.0 Å². The van der Waals surface area contributed by atoms with Gasteiger partial charge in [0.15, 0.2) is 49.6 Å². The number of H-pyrrole nitrogens is 2. The second-order valence-electron chi connectivity index (χ2n) is 12.7. The molecule has 7 aromatic rings. The first-order valence-electron chi connectivity index (χ1n) is 18.0. The van der Waals surface area contributed by atoms with Gasteiger partial charge >= 0.3 is 0 Å². The van der Waals surface area contributed by atoms with Gasteiger partial charge in [-0.3, -0.25) is 0 Å². The molecule has 0 aliphatic rings. The Morgan fingerprint density at radius 1 is 0.491 bits per heavy atom. The summed E-state index contributed by atoms with van der Waals surface area (Å²) in [6.45, 7) is 4.43. The van der Waals surface area contributed by atoms with Gasteiger partial charge < -0.3 is 39.2 Å². The first-order valence-corrected chi connectivity index (χ1v) is 19.7. The van der Waals surface area contributed by atoms with E-state index in [1.807, 2.05) is 24.8 Å². The Labute approximate surface area is 337 Å². The van der Waals surface area contributed by atoms with E-state index >= 15 is 0 Å². The molecule has 0 amide bonds. The van der Waals surface area contributed by atoms with Gasteiger partial charge in [-0.05, 0) is 51.8 Å². The normalized spacial score (nSPS) is 10.3. The number of nitrogens with one attached hydrogen (secondary N) is 2. The fourth-order valence-corrected chi connectivity index (χ4v) is 6.53. The van der Waals surface area contributed by atoms with Crippen molar-refractivity contribution in [3.63, 3.8) is 0 Å². The van der Waals surface area contributed by atoms with Gasteiger partial charge in [-0.1, -0.05) is 88.9 Å². The van der Waals surface area contributed by atoms with E-state index < -0.39 is 13.8 Å². The van der Waals surface area contributed by atoms with E-state index in [2.05, 4.69) is 155 Å². The van der Waals surface area contributed by atoms with Crippen molar-refractivity contribution in [2.45, 2.75) is 45.7 Å². The maximum atomic E-state index is 10.3. The number of aromatic amines is 2. The Kier molecular flexibility index (Phi) is 18.6. The van der Waals surface area contributed by atoms with Crippen molar-refractivity contribution in [2.24, 2.45) is 0 Å². The third kappa shape index (κ3) is 14.6. The number of halogens is 2. The summed E-state index contributed by atoms with van der Waals surface area (Å²) >= 11 is 0. The third-order valence-corrected chi connectivity index (χ3v) is 9.23. The number of hydrogen-bond donors (Lipinski definition) is 0. The van der Waals surface area contributed by atoms with Crippen molar-refractivity contribution in [2.75, 3.05) is 0 Å². The van der Waals surface area contributed by atoms with Gasteiger partial charge in [0.1, 0.15) is 0 Å². The third-order valence-electron chi connectivity index (χ3n) is 8.48. The number of hydrogen-bond acceptors (Lipinski definition) is 3. The van der Waals surface area contributed by atoms with Crippen molar-refractivity contribution in [1.82, 2.24) is 0 Å². The summed E-state index contributed by atoms with van der Waals surface area (Å²) < 4.78 is 14.6. The Hall–Kier alpha value is -5.01. The van der Waals surface area contributed by atoms with E-state index in [1.54, 1.807) is 30.3 Å². The van der Waals surface area contributed by atoms with E-state index in [1.165, 1.54) is 57.6 Å². The minimum atomic E-state index is -4.39. The molecule has 0 radical (unpaired) electrons. The molecule has 0 fully saturated rings. The molecule has 10 heteroatoms. The summed E-state index contributed by atoms with van der Waals surface area (Å²) in [5, 5.41) is 0. The van der Waals surface area contributed by atoms with Crippen LogP contribution < -0.4 is 53.7 Å². The number of pyridine rings is 4. The van der Waals surface area contributed by atoms with Crippen LogP contribution in [0.1, 0.15) is 43.4 Å². The molecule has 0 atom stereocenters. The Bertz CT molecular complexity index is 2040. The zero-order valence-electron chi connectivity index (χ0n) is 31.1. The summed E-state index contributed by atoms with van der Waals surface area (Å²) in [6, 6.07) is 42.8. The highest BCUT2D eigenvalue weighted by atomic mass is 35.5. The van der Waals surface area contributed by atoms with Crippen LogP contribution in [0.3, 0.4) is 0 Å². The maximum absolute atomic E-state index is 10.3. The maximum Gasteiger partial charge on any atom is 0.210 e. The first-order chi connectivity index (χ1) is 25.8. The minimum absolute atomic E-state index is 0. The fourth-order valence-electron chi connectivity index (χ4n) is 5.87. The standard InChI is InChI=1S/2C19H19N2.C7H9O3P.2ClH/c2*1-2-4-16-5-3-6-19(15-16)21-13-9-18(10-14-21)17-7-11-20-12-8-17;8-11(9,10)6-7-4-2-1-3-5-7;;/h2*3,5-15H,2,4H2,1H3;1-5H,6H2,(H2,8,9,10);2*1H/q2*+1;;;/p-2. The molecule has 0 saturated carbocycles. The highest BCUT2D eigenvalue weighted by Crippen LogP contribution is 2.28. The molecule has 4 aromatic heterocycles. The second kappa shape index (κ2) is 23.0. The highest BCUT2D eigenvalue weighted by molar-refractivity contribution is 7.47. The summed E-state index contributed by atoms with van der Waals surface area (Å²) in [7, 11) is -4.39. The Morgan fingerprint density at radius 2 is 0.855 bits per heavy atom. The Balaban J connectivity index is 0.000000228. The van der Waals surface area contributed by atoms with Crippen LogP contribution in [-0.4, -0.2) is 0 Å². The van der Waals surface area contributed by atoms with Crippen molar-refractivity contribution in [1.29, 1.82) is 0 Å². The lowest BCUT2D eigenvalue weighted by Gasteiger charge is -2.29. The van der Waals surface area contributed by atoms with Crippen molar-refractivity contribution < 1.29 is 58.3 Å². The number of benzene rings is 3. The first kappa shape index (κ1) is 44.4. The van der Waals surface area contributed by atoms with Crippen LogP contribution in [-0.2, 0) is 23.6 Å². The van der Waals surface area contributed by atoms with E-state index in [-0.39, 0.29) is 24.8 Å². The zero-order valence-corrected chi connectivity index (χ0v) is 33.5. The number of aryl methyl sites for hydroxylation is 2. The van der Waals surface area contributed by atoms with E-state index in [0.717, 1.165) is 12.8 Å². The van der Waals surface area contributed by atoms with E-state index in [4.69, 9.17) is 0 Å². The van der Waals surface area contributed by atoms with Crippen LogP contribution in [0.25, 0.3) is 33.6 Å². The van der Waals surface area contributed by atoms with Crippen molar-refractivity contribution in [3.05, 3.63) is 194 Å². The largest absolute Gasteiger partial charge is 1.00 e. The van der Waals surface area contributed by atoms with Crippen LogP contribution in [0.15, 0.2) is 177 Å². The van der Waals surface area contributed by atoms with Crippen molar-refractivity contribution in [3.8, 4) is 33.6 Å². The number of rotatable bonds is 10. The van der Waals surface area contributed by atoms with Gasteiger partial charge in [0.05, 0.1) is 0 Å². The summed E-state index contributed by atoms with van der Waals surface area (Å²) in [6.07, 6.45) is 20.5. The smallest absolute Gasteiger partial charge is 0.210 e. The van der Waals surface area contributed by atoms with Gasteiger partial charge in [0.2, 0.25) is 11.4 Å². The molecule has 0 aliphatic heterocycles. The summed E-state index contributed by atoms with van der Waals surface area (Å²) in [5.41, 5.74) is 10.7. The fraction of sp³-hybridized carbons (Fsp3) is 0.156. The molecule has 7 rings (SSSR count). The van der Waals surface area contributed by atoms with Crippen LogP contribution >= 0.6 is 7.60 Å². The van der Waals surface area contributed by atoms with Crippen molar-refractivity contribution >= 4 is 7.60 Å². The number of aromatic nitrogens is 4. The highest BCUT2D eigenvalue weighted by Gasteiger charge is 2.09. The lowest BCUT2D eigenvalue weighted by Crippen LogP contribution is -3.00. The summed E-state index contributed by atoms with van der Waals surface area (Å²) in [5.74, 6) is 0. The molecule has 55 heavy (non-hydrogen) atoms. The molecular weight excluding hydrogens is 746 g/mol. The molecule has 0 spiro atoms. The van der Waals surface area contributed by atoms with Crippen LogP contribution in [0.5, 0.6) is 0 Å². The molecule has 4 heterocycles. The molecule has 0 unspecified atom stereocenters. The molecular formula is C45H47Cl2N4O3P. The van der Waals surface area contributed by atoms with Gasteiger partial charge in [0.25, 0.3) is 0 Å². The minimum Gasteiger partial charge on any atom is -1.00 e. The molecule has 0 aliphatic carbocycles. The quantitative estimate of drug-likeness (QED) is 0.152. The topological polar surface area (TPSA) is 99.2 Å². The van der Waals surface area contributed by atoms with E-state index in [0.29, 0.717) is 5.56 Å². The molecule has 284 valence electrons. The van der Waals surface area contributed by atoms with Crippen LogP contribution in [0.4, 0.5) is 0 Å². The predicted molar refractivity (Wildman–Crippen MR) is 206 cm³/mol. The monoisotopic (exact) mass is 792 g/mol. The second-order valence-corrected chi connectivity index (χ2v) is 14.2. The molecule has 2 N–H and O–H groups in total. The lowest BCUT2D eigenvalue weighted by molar-refractivity contribution is -0.595. The predicted octanol–water partition coefficient (Wildman–Crippen LogP) is 0.902. The molecule has 7 nitrogen and oxygen atoms in total. The van der Waals surface area contributed by atoms with Crippen LogP contribution in [0, 0.1) is 0 Å². The zero-order chi connectivity index (χ0) is 37.3. The molecule has 0 saturated heterocycles. The Morgan fingerprint density at radius 3 is 1.22 bits per heavy atom. The van der Waals surface area contributed by atoms with Crippen LogP contribution in [0.2, 0.25) is 0 Å².